The summed E-state index contributed by atoms with van der Waals surface area (Å²) in [7, 11) is 1.65. The van der Waals surface area contributed by atoms with Gasteiger partial charge in [-0.3, -0.25) is 4.79 Å². The molecule has 1 N–H and O–H groups in total. The molecule has 0 atom stereocenters. The van der Waals surface area contributed by atoms with E-state index in [1.54, 1.807) is 13.2 Å². The van der Waals surface area contributed by atoms with Crippen molar-refractivity contribution in [3.63, 3.8) is 0 Å². The molecule has 0 fully saturated rings. The maximum Gasteiger partial charge on any atom is 0.243 e. The number of amides is 1. The van der Waals surface area contributed by atoms with Crippen molar-refractivity contribution < 1.29 is 14.3 Å². The highest BCUT2D eigenvalue weighted by Crippen LogP contribution is 2.08. The van der Waals surface area contributed by atoms with E-state index in [-0.39, 0.29) is 5.91 Å². The van der Waals surface area contributed by atoms with Crippen molar-refractivity contribution in [3.05, 3.63) is 47.5 Å². The molecule has 0 unspecified atom stereocenters. The van der Waals surface area contributed by atoms with Gasteiger partial charge in [-0.05, 0) is 31.7 Å². The number of aryl methyl sites for hydroxylation is 1. The Balaban J connectivity index is 2.11. The largest absolute Gasteiger partial charge is 0.382 e. The summed E-state index contributed by atoms with van der Waals surface area (Å²) in [5.74, 6) is -0.0255. The minimum Gasteiger partial charge on any atom is -0.382 e. The predicted octanol–water partition coefficient (Wildman–Crippen LogP) is 2.73. The van der Waals surface area contributed by atoms with Gasteiger partial charge in [0, 0.05) is 26.3 Å². The number of ether oxygens (including phenoxy) is 2. The molecule has 0 aliphatic carbocycles. The highest BCUT2D eigenvalue weighted by atomic mass is 16.5. The van der Waals surface area contributed by atoms with Crippen molar-refractivity contribution in [3.8, 4) is 0 Å². The summed E-state index contributed by atoms with van der Waals surface area (Å²) < 4.78 is 10.2. The van der Waals surface area contributed by atoms with Gasteiger partial charge in [-0.25, -0.2) is 0 Å². The third-order valence-corrected chi connectivity index (χ3v) is 3.22. The van der Waals surface area contributed by atoms with Crippen LogP contribution >= 0.6 is 0 Å². The lowest BCUT2D eigenvalue weighted by Gasteiger charge is -2.05. The van der Waals surface area contributed by atoms with E-state index in [9.17, 15) is 4.79 Å². The molecule has 4 nitrogen and oxygen atoms in total. The van der Waals surface area contributed by atoms with Crippen LogP contribution in [0.5, 0.6) is 0 Å². The Bertz CT molecular complexity index is 443. The highest BCUT2D eigenvalue weighted by Gasteiger charge is 1.99. The first kappa shape index (κ1) is 18.4. The summed E-state index contributed by atoms with van der Waals surface area (Å²) in [6.07, 6.45) is 4.36. The Kier molecular flexibility index (Phi) is 9.99. The van der Waals surface area contributed by atoms with Crippen LogP contribution in [0.25, 0.3) is 0 Å². The normalized spacial score (nSPS) is 11.5. The van der Waals surface area contributed by atoms with E-state index in [0.717, 1.165) is 24.8 Å². The SMILES string of the molecule is COCCOCCCNC(=O)/C=C(/C)CCc1ccccc1. The number of nitrogens with one attached hydrogen (secondary N) is 1. The molecular formula is C18H27NO3. The van der Waals surface area contributed by atoms with Crippen LogP contribution in [0.15, 0.2) is 42.0 Å². The van der Waals surface area contributed by atoms with E-state index in [4.69, 9.17) is 9.47 Å². The van der Waals surface area contributed by atoms with Crippen molar-refractivity contribution in [2.45, 2.75) is 26.2 Å². The molecule has 1 aromatic carbocycles. The molecule has 1 amide bonds. The van der Waals surface area contributed by atoms with Crippen LogP contribution in [-0.2, 0) is 20.7 Å². The molecule has 0 bridgehead atoms. The third kappa shape index (κ3) is 9.32. The quantitative estimate of drug-likeness (QED) is 0.505. The molecule has 0 aromatic heterocycles. The fourth-order valence-corrected chi connectivity index (χ4v) is 1.96. The average Bonchev–Trinajstić information content (AvgIpc) is 2.53. The Morgan fingerprint density at radius 2 is 1.95 bits per heavy atom. The summed E-state index contributed by atoms with van der Waals surface area (Å²) >= 11 is 0. The number of methoxy groups -OCH3 is 1. The van der Waals surface area contributed by atoms with E-state index in [0.29, 0.717) is 26.4 Å². The molecular weight excluding hydrogens is 278 g/mol. The van der Waals surface area contributed by atoms with Crippen LogP contribution in [0.1, 0.15) is 25.3 Å². The minimum absolute atomic E-state index is 0.0255. The van der Waals surface area contributed by atoms with Crippen LogP contribution in [0.4, 0.5) is 0 Å². The van der Waals surface area contributed by atoms with Gasteiger partial charge in [0.05, 0.1) is 13.2 Å². The molecule has 0 aliphatic rings. The third-order valence-electron chi connectivity index (χ3n) is 3.22. The predicted molar refractivity (Wildman–Crippen MR) is 88.8 cm³/mol. The fraction of sp³-hybridized carbons (Fsp3) is 0.500. The molecule has 0 heterocycles. The maximum absolute atomic E-state index is 11.8. The Labute approximate surface area is 133 Å². The molecule has 1 aromatic rings. The second-order valence-electron chi connectivity index (χ2n) is 5.23. The number of rotatable bonds is 11. The van der Waals surface area contributed by atoms with Crippen LogP contribution in [0, 0.1) is 0 Å². The summed E-state index contributed by atoms with van der Waals surface area (Å²) in [4.78, 5) is 11.8. The van der Waals surface area contributed by atoms with Crippen molar-refractivity contribution in [1.29, 1.82) is 0 Å². The van der Waals surface area contributed by atoms with Crippen molar-refractivity contribution in [1.82, 2.24) is 5.32 Å². The van der Waals surface area contributed by atoms with Crippen LogP contribution in [-0.4, -0.2) is 39.4 Å². The Hall–Kier alpha value is -1.65. The molecule has 0 saturated carbocycles. The van der Waals surface area contributed by atoms with Gasteiger partial charge < -0.3 is 14.8 Å². The van der Waals surface area contributed by atoms with E-state index in [1.165, 1.54) is 5.56 Å². The van der Waals surface area contributed by atoms with Crippen LogP contribution < -0.4 is 5.32 Å². The molecule has 22 heavy (non-hydrogen) atoms. The van der Waals surface area contributed by atoms with Gasteiger partial charge in [-0.2, -0.15) is 0 Å². The fourth-order valence-electron chi connectivity index (χ4n) is 1.96. The first-order valence-electron chi connectivity index (χ1n) is 7.78. The van der Waals surface area contributed by atoms with E-state index in [2.05, 4.69) is 17.4 Å². The molecule has 0 radical (unpaired) electrons. The second kappa shape index (κ2) is 12.0. The summed E-state index contributed by atoms with van der Waals surface area (Å²) in [6.45, 7) is 4.48. The number of hydrogen-bond donors (Lipinski definition) is 1. The van der Waals surface area contributed by atoms with Gasteiger partial charge in [-0.1, -0.05) is 35.9 Å². The number of allylic oxidation sites excluding steroid dienone is 1. The lowest BCUT2D eigenvalue weighted by molar-refractivity contribution is -0.116. The minimum atomic E-state index is -0.0255. The number of carbonyl (C=O) groups excluding carboxylic acids is 1. The topological polar surface area (TPSA) is 47.6 Å². The van der Waals surface area contributed by atoms with Crippen LogP contribution in [0.3, 0.4) is 0 Å². The zero-order valence-electron chi connectivity index (χ0n) is 13.6. The second-order valence-corrected chi connectivity index (χ2v) is 5.23. The van der Waals surface area contributed by atoms with Gasteiger partial charge in [0.25, 0.3) is 0 Å². The zero-order valence-corrected chi connectivity index (χ0v) is 13.6. The number of hydrogen-bond acceptors (Lipinski definition) is 3. The molecule has 0 spiro atoms. The van der Waals surface area contributed by atoms with E-state index in [1.807, 2.05) is 25.1 Å². The molecule has 0 saturated heterocycles. The zero-order chi connectivity index (χ0) is 16.0. The number of carbonyl (C=O) groups is 1. The summed E-state index contributed by atoms with van der Waals surface area (Å²) in [5, 5.41) is 2.88. The molecule has 1 rings (SSSR count). The molecule has 0 aliphatic heterocycles. The van der Waals surface area contributed by atoms with E-state index < -0.39 is 0 Å². The smallest absolute Gasteiger partial charge is 0.243 e. The molecule has 4 heteroatoms. The van der Waals surface area contributed by atoms with Crippen molar-refractivity contribution >= 4 is 5.91 Å². The lowest BCUT2D eigenvalue weighted by atomic mass is 10.1. The van der Waals surface area contributed by atoms with Gasteiger partial charge >= 0.3 is 0 Å². The highest BCUT2D eigenvalue weighted by molar-refractivity contribution is 5.88. The van der Waals surface area contributed by atoms with Crippen molar-refractivity contribution in [2.75, 3.05) is 33.5 Å². The maximum atomic E-state index is 11.8. The first-order valence-corrected chi connectivity index (χ1v) is 7.78. The lowest BCUT2D eigenvalue weighted by Crippen LogP contribution is -2.23. The molecule has 122 valence electrons. The number of benzene rings is 1. The summed E-state index contributed by atoms with van der Waals surface area (Å²) in [6, 6.07) is 10.3. The monoisotopic (exact) mass is 305 g/mol. The van der Waals surface area contributed by atoms with Gasteiger partial charge in [0.15, 0.2) is 0 Å². The Morgan fingerprint density at radius 1 is 1.18 bits per heavy atom. The standard InChI is InChI=1S/C18H27NO3/c1-16(9-10-17-7-4-3-5-8-17)15-18(20)19-11-6-12-22-14-13-21-2/h3-5,7-8,15H,6,9-14H2,1-2H3,(H,19,20)/b16-15-. The van der Waals surface area contributed by atoms with Gasteiger partial charge in [-0.15, -0.1) is 0 Å². The van der Waals surface area contributed by atoms with Gasteiger partial charge in [0.2, 0.25) is 5.91 Å². The van der Waals surface area contributed by atoms with E-state index >= 15 is 0 Å². The van der Waals surface area contributed by atoms with Crippen LogP contribution in [0.2, 0.25) is 0 Å². The van der Waals surface area contributed by atoms with Gasteiger partial charge in [0.1, 0.15) is 0 Å². The summed E-state index contributed by atoms with van der Waals surface area (Å²) in [5.41, 5.74) is 2.39. The van der Waals surface area contributed by atoms with Crippen molar-refractivity contribution in [2.24, 2.45) is 0 Å². The Morgan fingerprint density at radius 3 is 2.68 bits per heavy atom. The average molecular weight is 305 g/mol. The first-order chi connectivity index (χ1) is 10.7.